The van der Waals surface area contributed by atoms with E-state index >= 15 is 0 Å². The number of H-pyrrole nitrogens is 1. The first-order chi connectivity index (χ1) is 12.1. The summed E-state index contributed by atoms with van der Waals surface area (Å²) in [6.07, 6.45) is 4.46. The first kappa shape index (κ1) is 16.9. The molecule has 1 fully saturated rings. The van der Waals surface area contributed by atoms with Crippen LogP contribution in [0.4, 0.5) is 16.2 Å². The first-order valence-electron chi connectivity index (χ1n) is 8.31. The average molecular weight is 343 g/mol. The molecule has 0 bridgehead atoms. The van der Waals surface area contributed by atoms with Gasteiger partial charge in [0.1, 0.15) is 0 Å². The molecule has 132 valence electrons. The Balaban J connectivity index is 1.61. The molecular formula is C17H21N5O3. The third kappa shape index (κ3) is 3.96. The van der Waals surface area contributed by atoms with Crippen LogP contribution in [0.5, 0.6) is 0 Å². The van der Waals surface area contributed by atoms with E-state index in [1.54, 1.807) is 37.4 Å². The molecule has 1 heterocycles. The van der Waals surface area contributed by atoms with E-state index in [2.05, 4.69) is 26.0 Å². The van der Waals surface area contributed by atoms with Crippen molar-refractivity contribution in [2.75, 3.05) is 17.2 Å². The Morgan fingerprint density at radius 3 is 2.40 bits per heavy atom. The number of nitrogens with one attached hydrogen (secondary N) is 3. The molecule has 8 nitrogen and oxygen atoms in total. The average Bonchev–Trinajstić information content (AvgIpc) is 3.06. The molecule has 0 atom stereocenters. The van der Waals surface area contributed by atoms with E-state index in [1.807, 2.05) is 0 Å². The Morgan fingerprint density at radius 2 is 1.88 bits per heavy atom. The number of aromatic nitrogens is 3. The van der Waals surface area contributed by atoms with Gasteiger partial charge in [-0.1, -0.05) is 6.42 Å². The molecule has 0 spiro atoms. The molecule has 3 rings (SSSR count). The molecule has 1 saturated carbocycles. The molecular weight excluding hydrogens is 322 g/mol. The quantitative estimate of drug-likeness (QED) is 0.747. The molecule has 2 amide bonds. The number of carbonyl (C=O) groups excluding carboxylic acids is 2. The predicted octanol–water partition coefficient (Wildman–Crippen LogP) is 2.72. The van der Waals surface area contributed by atoms with Crippen LogP contribution in [0.25, 0.3) is 0 Å². The standard InChI is InChI=1S/C17H21N5O3/c1-2-25-16(24)20-13-6-4-12(5-7-13)19-15(23)17(8-3-9-17)10-14-11-18-22-21-14/h4-7,11H,2-3,8-10H2,1H3,(H,19,23)(H,20,24)(H,18,21,22). The molecule has 1 aromatic heterocycles. The van der Waals surface area contributed by atoms with Gasteiger partial charge in [-0.25, -0.2) is 4.79 Å². The summed E-state index contributed by atoms with van der Waals surface area (Å²) < 4.78 is 4.82. The van der Waals surface area contributed by atoms with Crippen LogP contribution < -0.4 is 10.6 Å². The van der Waals surface area contributed by atoms with E-state index in [0.29, 0.717) is 24.4 Å². The van der Waals surface area contributed by atoms with Gasteiger partial charge >= 0.3 is 6.09 Å². The monoisotopic (exact) mass is 343 g/mol. The molecule has 1 aliphatic carbocycles. The van der Waals surface area contributed by atoms with Gasteiger partial charge in [0.05, 0.1) is 23.9 Å². The molecule has 25 heavy (non-hydrogen) atoms. The number of anilines is 2. The molecule has 0 radical (unpaired) electrons. The maximum absolute atomic E-state index is 12.7. The number of hydrogen-bond donors (Lipinski definition) is 3. The number of benzene rings is 1. The van der Waals surface area contributed by atoms with Crippen LogP contribution in [0.2, 0.25) is 0 Å². The molecule has 0 unspecified atom stereocenters. The minimum absolute atomic E-state index is 0.00662. The van der Waals surface area contributed by atoms with E-state index < -0.39 is 11.5 Å². The SMILES string of the molecule is CCOC(=O)Nc1ccc(NC(=O)C2(Cc3cn[nH]n3)CCC2)cc1. The second kappa shape index (κ2) is 7.33. The van der Waals surface area contributed by atoms with Crippen LogP contribution in [0.1, 0.15) is 31.9 Å². The van der Waals surface area contributed by atoms with Crippen LogP contribution in [0.15, 0.2) is 30.5 Å². The smallest absolute Gasteiger partial charge is 0.411 e. The van der Waals surface area contributed by atoms with Gasteiger partial charge in [-0.2, -0.15) is 15.4 Å². The number of hydrogen-bond acceptors (Lipinski definition) is 5. The zero-order valence-corrected chi connectivity index (χ0v) is 14.0. The van der Waals surface area contributed by atoms with Crippen molar-refractivity contribution >= 4 is 23.4 Å². The van der Waals surface area contributed by atoms with Crippen molar-refractivity contribution in [3.63, 3.8) is 0 Å². The largest absolute Gasteiger partial charge is 0.450 e. The maximum atomic E-state index is 12.7. The van der Waals surface area contributed by atoms with Gasteiger partial charge in [-0.3, -0.25) is 10.1 Å². The van der Waals surface area contributed by atoms with E-state index in [0.717, 1.165) is 25.0 Å². The molecule has 0 aliphatic heterocycles. The lowest BCUT2D eigenvalue weighted by atomic mass is 9.65. The van der Waals surface area contributed by atoms with E-state index in [-0.39, 0.29) is 5.91 Å². The number of carbonyl (C=O) groups is 2. The summed E-state index contributed by atoms with van der Waals surface area (Å²) in [5.41, 5.74) is 1.67. The number of ether oxygens (including phenoxy) is 1. The Bertz CT molecular complexity index is 723. The van der Waals surface area contributed by atoms with E-state index in [4.69, 9.17) is 4.74 Å². The van der Waals surface area contributed by atoms with Crippen molar-refractivity contribution in [3.05, 3.63) is 36.2 Å². The fraction of sp³-hybridized carbons (Fsp3) is 0.412. The lowest BCUT2D eigenvalue weighted by molar-refractivity contribution is -0.130. The molecule has 0 saturated heterocycles. The molecule has 8 heteroatoms. The fourth-order valence-corrected chi connectivity index (χ4v) is 2.93. The summed E-state index contributed by atoms with van der Waals surface area (Å²) in [4.78, 5) is 24.1. The summed E-state index contributed by atoms with van der Waals surface area (Å²) >= 11 is 0. The summed E-state index contributed by atoms with van der Waals surface area (Å²) in [6.45, 7) is 2.06. The predicted molar refractivity (Wildman–Crippen MR) is 92.1 cm³/mol. The normalized spacial score (nSPS) is 15.1. The van der Waals surface area contributed by atoms with Crippen LogP contribution in [-0.4, -0.2) is 34.0 Å². The fourth-order valence-electron chi connectivity index (χ4n) is 2.93. The van der Waals surface area contributed by atoms with Gasteiger partial charge in [0.25, 0.3) is 0 Å². The van der Waals surface area contributed by atoms with Gasteiger partial charge in [0, 0.05) is 17.8 Å². The zero-order chi connectivity index (χ0) is 17.7. The number of aromatic amines is 1. The first-order valence-corrected chi connectivity index (χ1v) is 8.31. The summed E-state index contributed by atoms with van der Waals surface area (Å²) in [7, 11) is 0. The second-order valence-corrected chi connectivity index (χ2v) is 6.15. The third-order valence-corrected chi connectivity index (χ3v) is 4.44. The van der Waals surface area contributed by atoms with Gasteiger partial charge in [-0.15, -0.1) is 0 Å². The van der Waals surface area contributed by atoms with Crippen molar-refractivity contribution < 1.29 is 14.3 Å². The van der Waals surface area contributed by atoms with Crippen LogP contribution >= 0.6 is 0 Å². The summed E-state index contributed by atoms with van der Waals surface area (Å²) in [5.74, 6) is -0.00662. The maximum Gasteiger partial charge on any atom is 0.411 e. The lowest BCUT2D eigenvalue weighted by Crippen LogP contribution is -2.43. The van der Waals surface area contributed by atoms with Crippen molar-refractivity contribution in [2.45, 2.75) is 32.6 Å². The Kier molecular flexibility index (Phi) is 4.97. The second-order valence-electron chi connectivity index (χ2n) is 6.15. The van der Waals surface area contributed by atoms with Crippen molar-refractivity contribution in [1.82, 2.24) is 15.4 Å². The Hall–Kier alpha value is -2.90. The van der Waals surface area contributed by atoms with Crippen LogP contribution in [0, 0.1) is 5.41 Å². The van der Waals surface area contributed by atoms with Gasteiger partial charge < -0.3 is 10.1 Å². The number of rotatable bonds is 6. The number of nitrogens with zero attached hydrogens (tertiary/aromatic N) is 2. The highest BCUT2D eigenvalue weighted by molar-refractivity contribution is 5.96. The highest BCUT2D eigenvalue weighted by atomic mass is 16.5. The van der Waals surface area contributed by atoms with Crippen molar-refractivity contribution in [1.29, 1.82) is 0 Å². The summed E-state index contributed by atoms with van der Waals surface area (Å²) in [5, 5.41) is 16.0. The van der Waals surface area contributed by atoms with Crippen molar-refractivity contribution in [2.24, 2.45) is 5.41 Å². The van der Waals surface area contributed by atoms with Crippen LogP contribution in [0.3, 0.4) is 0 Å². The van der Waals surface area contributed by atoms with E-state index in [1.165, 1.54) is 0 Å². The Labute approximate surface area is 145 Å². The van der Waals surface area contributed by atoms with Gasteiger partial charge in [-0.05, 0) is 44.0 Å². The highest BCUT2D eigenvalue weighted by Crippen LogP contribution is 2.44. The summed E-state index contributed by atoms with van der Waals surface area (Å²) in [6, 6.07) is 6.94. The van der Waals surface area contributed by atoms with Gasteiger partial charge in [0.15, 0.2) is 0 Å². The molecule has 3 N–H and O–H groups in total. The zero-order valence-electron chi connectivity index (χ0n) is 14.0. The molecule has 1 aromatic carbocycles. The third-order valence-electron chi connectivity index (χ3n) is 4.44. The molecule has 1 aliphatic rings. The van der Waals surface area contributed by atoms with Crippen molar-refractivity contribution in [3.8, 4) is 0 Å². The van der Waals surface area contributed by atoms with Crippen LogP contribution in [-0.2, 0) is 16.0 Å². The van der Waals surface area contributed by atoms with Gasteiger partial charge in [0.2, 0.25) is 5.91 Å². The highest BCUT2D eigenvalue weighted by Gasteiger charge is 2.44. The lowest BCUT2D eigenvalue weighted by Gasteiger charge is -2.39. The minimum atomic E-state index is -0.500. The Morgan fingerprint density at radius 1 is 1.20 bits per heavy atom. The molecule has 2 aromatic rings. The minimum Gasteiger partial charge on any atom is -0.450 e. The topological polar surface area (TPSA) is 109 Å². The number of amides is 2. The van der Waals surface area contributed by atoms with E-state index in [9.17, 15) is 9.59 Å².